The molecule has 0 unspecified atom stereocenters. The van der Waals surface area contributed by atoms with Gasteiger partial charge in [0.15, 0.2) is 18.5 Å². The molecule has 14 atom stereocenters. The van der Waals surface area contributed by atoms with Crippen molar-refractivity contribution in [2.75, 3.05) is 40.4 Å². The van der Waals surface area contributed by atoms with Gasteiger partial charge in [0.25, 0.3) is 0 Å². The molecule has 1 amide bonds. The summed E-state index contributed by atoms with van der Waals surface area (Å²) < 4.78 is 39.9. The van der Waals surface area contributed by atoms with Crippen LogP contribution in [0, 0.1) is 23.7 Å². The number of oxime groups is 1. The van der Waals surface area contributed by atoms with Crippen molar-refractivity contribution in [3.05, 3.63) is 48.4 Å². The van der Waals surface area contributed by atoms with Crippen molar-refractivity contribution >= 4 is 23.5 Å². The molecule has 2 aromatic heterocycles. The van der Waals surface area contributed by atoms with Crippen molar-refractivity contribution in [2.24, 2.45) is 33.8 Å². The second-order valence-corrected chi connectivity index (χ2v) is 18.6. The highest BCUT2D eigenvalue weighted by atomic mass is 16.7. The fourth-order valence-corrected chi connectivity index (χ4v) is 10.6. The number of rotatable bonds is 8. The highest BCUT2D eigenvalue weighted by molar-refractivity contribution is 5.91. The summed E-state index contributed by atoms with van der Waals surface area (Å²) in [5.41, 5.74) is 1.43. The largest absolute Gasteiger partial charge is 0.458 e. The molecule has 16 heteroatoms. The molecule has 62 heavy (non-hydrogen) atoms. The summed E-state index contributed by atoms with van der Waals surface area (Å²) in [5.74, 6) is -2.31. The van der Waals surface area contributed by atoms with Gasteiger partial charge in [0.1, 0.15) is 17.9 Å². The molecule has 7 rings (SSSR count). The van der Waals surface area contributed by atoms with Crippen LogP contribution in [0.4, 0.5) is 4.79 Å². The molecular formula is C46H66N6O10. The molecule has 2 aromatic rings. The molecule has 0 saturated carbocycles. The monoisotopic (exact) mass is 862 g/mol. The van der Waals surface area contributed by atoms with E-state index in [0.29, 0.717) is 43.8 Å². The van der Waals surface area contributed by atoms with E-state index in [2.05, 4.69) is 24.0 Å². The highest BCUT2D eigenvalue weighted by Crippen LogP contribution is 2.45. The van der Waals surface area contributed by atoms with E-state index in [0.717, 1.165) is 17.0 Å². The minimum absolute atomic E-state index is 0.00601. The molecule has 1 N–H and O–H groups in total. The second-order valence-electron chi connectivity index (χ2n) is 18.6. The molecule has 5 aliphatic rings. The minimum atomic E-state index is -1.14. The van der Waals surface area contributed by atoms with E-state index >= 15 is 0 Å². The molecule has 7 heterocycles. The Hall–Kier alpha value is -4.06. The molecule has 0 radical (unpaired) electrons. The summed E-state index contributed by atoms with van der Waals surface area (Å²) in [4.78, 5) is 52.0. The lowest BCUT2D eigenvalue weighted by Crippen LogP contribution is -2.60. The Bertz CT molecular complexity index is 1950. The number of cyclic esters (lactones) is 1. The number of hydrogen-bond donors (Lipinski definition) is 1. The number of fused-ring (bicyclic) bond motifs is 4. The summed E-state index contributed by atoms with van der Waals surface area (Å²) >= 11 is 0. The lowest BCUT2D eigenvalue weighted by atomic mass is 9.72. The van der Waals surface area contributed by atoms with Crippen LogP contribution in [0.3, 0.4) is 0 Å². The van der Waals surface area contributed by atoms with E-state index in [1.54, 1.807) is 24.2 Å². The number of nitrogens with zero attached hydrogens (tertiary/aromatic N) is 6. The van der Waals surface area contributed by atoms with Gasteiger partial charge in [0.05, 0.1) is 67.0 Å². The Labute approximate surface area is 365 Å². The smallest absolute Gasteiger partial charge is 0.410 e. The molecule has 5 aliphatic heterocycles. The fraction of sp³-hybridized carbons (Fsp3) is 0.696. The van der Waals surface area contributed by atoms with Gasteiger partial charge in [-0.3, -0.25) is 19.7 Å². The predicted octanol–water partition coefficient (Wildman–Crippen LogP) is 5.31. The number of aromatic nitrogens is 2. The van der Waals surface area contributed by atoms with Gasteiger partial charge < -0.3 is 43.3 Å². The van der Waals surface area contributed by atoms with Gasteiger partial charge in [0, 0.05) is 48.1 Å². The van der Waals surface area contributed by atoms with E-state index in [4.69, 9.17) is 43.2 Å². The number of likely N-dealkylation sites (N-methyl/N-ethyl adjacent to an activating group) is 1. The maximum atomic E-state index is 14.6. The van der Waals surface area contributed by atoms with Crippen molar-refractivity contribution in [3.63, 3.8) is 0 Å². The highest BCUT2D eigenvalue weighted by Gasteiger charge is 2.60. The minimum Gasteiger partial charge on any atom is -0.458 e. The van der Waals surface area contributed by atoms with E-state index in [9.17, 15) is 14.7 Å². The van der Waals surface area contributed by atoms with Gasteiger partial charge in [-0.05, 0) is 91.2 Å². The average molecular weight is 863 g/mol. The number of aliphatic hydroxyl groups is 1. The zero-order chi connectivity index (χ0) is 44.5. The van der Waals surface area contributed by atoms with Crippen LogP contribution in [0.2, 0.25) is 0 Å². The maximum absolute atomic E-state index is 14.6. The van der Waals surface area contributed by atoms with E-state index in [1.165, 1.54) is 0 Å². The summed E-state index contributed by atoms with van der Waals surface area (Å²) in [6.07, 6.45) is -0.0513. The van der Waals surface area contributed by atoms with Gasteiger partial charge >= 0.3 is 12.1 Å². The van der Waals surface area contributed by atoms with Crippen LogP contribution in [0.15, 0.2) is 52.9 Å². The lowest BCUT2D eigenvalue weighted by Gasteiger charge is -2.48. The van der Waals surface area contributed by atoms with Gasteiger partial charge in [-0.15, -0.1) is 0 Å². The quantitative estimate of drug-likeness (QED) is 0.268. The van der Waals surface area contributed by atoms with Gasteiger partial charge in [-0.2, -0.15) is 0 Å². The number of amides is 1. The molecule has 4 bridgehead atoms. The third-order valence-corrected chi connectivity index (χ3v) is 13.7. The summed E-state index contributed by atoms with van der Waals surface area (Å²) in [7, 11) is 3.87. The molecule has 340 valence electrons. The summed E-state index contributed by atoms with van der Waals surface area (Å²) in [6.45, 7) is 16.6. The Morgan fingerprint density at radius 1 is 1.05 bits per heavy atom. The topological polar surface area (TPSA) is 176 Å². The van der Waals surface area contributed by atoms with Gasteiger partial charge in [-0.1, -0.05) is 38.9 Å². The number of hydrogen-bond acceptors (Lipinski definition) is 15. The normalized spacial score (nSPS) is 38.9. The Morgan fingerprint density at radius 2 is 1.84 bits per heavy atom. The first-order valence-corrected chi connectivity index (χ1v) is 22.2. The van der Waals surface area contributed by atoms with E-state index < -0.39 is 71.8 Å². The van der Waals surface area contributed by atoms with Crippen molar-refractivity contribution in [2.45, 2.75) is 141 Å². The number of aliphatic hydroxyl groups excluding tert-OH is 1. The third-order valence-electron chi connectivity index (χ3n) is 13.7. The molecule has 0 aliphatic carbocycles. The Kier molecular flexibility index (Phi) is 14.1. The van der Waals surface area contributed by atoms with Crippen molar-refractivity contribution in [1.82, 2.24) is 19.8 Å². The number of carbonyl (C=O) groups excluding carboxylic acids is 2. The Morgan fingerprint density at radius 3 is 2.56 bits per heavy atom. The number of esters is 1. The van der Waals surface area contributed by atoms with Crippen LogP contribution in [0.5, 0.6) is 0 Å². The first-order valence-electron chi connectivity index (χ1n) is 22.2. The fourth-order valence-electron chi connectivity index (χ4n) is 10.6. The Balaban J connectivity index is 1.28. The number of ether oxygens (including phenoxy) is 6. The molecule has 0 aromatic carbocycles. The van der Waals surface area contributed by atoms with Crippen LogP contribution < -0.4 is 0 Å². The van der Waals surface area contributed by atoms with Gasteiger partial charge in [-0.25, -0.2) is 9.78 Å². The third kappa shape index (κ3) is 9.27. The SMILES string of the molecule is CC[C@@H]1OC(=O)[C@H](C)[C@H]2OCC(=NOCc3cccc(-c4cccnc4)n3)CO[C@](C)(C[C@@H](C)C3=NCCN4C(=O)O[C@@]1(C)[C@H]4[C@H]3C)[C@@H](O[C@H]1O[C@@H](C)C[C@@H](N(C)C)[C@@H]1O)[C@@H]2C. The molecular weight excluding hydrogens is 797 g/mol. The van der Waals surface area contributed by atoms with Crippen LogP contribution in [0.1, 0.15) is 80.3 Å². The van der Waals surface area contributed by atoms with Crippen molar-refractivity contribution < 1.29 is 48.0 Å². The summed E-state index contributed by atoms with van der Waals surface area (Å²) in [5, 5.41) is 16.4. The standard InChI is InChI=1S/C46H66N6O10/c1-11-36-46(8)40-28(4)37(48-18-19-52(40)44(55)62-46)26(2)21-45(7)41(61-43-38(53)35(51(9)10)20-27(3)59-43)29(5)39(30(6)42(54)60-36)56-23-33(24-57-45)50-58-25-32-15-12-16-34(49-32)31-14-13-17-47-22-31/h12-17,22,26-30,35-36,38-41,43,53H,11,18-21,23-25H2,1-10H3/t26-,27+,28+,29-,30-,35-,36+,38+,39+,40-,41+,43-,45-,46-/m1/s1. The first-order chi connectivity index (χ1) is 29.5. The second kappa shape index (κ2) is 19.0. The van der Waals surface area contributed by atoms with Crippen LogP contribution in [-0.4, -0.2) is 149 Å². The van der Waals surface area contributed by atoms with E-state index in [-0.39, 0.29) is 43.8 Å². The molecule has 4 fully saturated rings. The maximum Gasteiger partial charge on any atom is 0.410 e. The first kappa shape index (κ1) is 45.9. The van der Waals surface area contributed by atoms with Crippen LogP contribution in [0.25, 0.3) is 11.3 Å². The van der Waals surface area contributed by atoms with Crippen LogP contribution >= 0.6 is 0 Å². The number of carbonyl (C=O) groups is 2. The van der Waals surface area contributed by atoms with E-state index in [1.807, 2.05) is 83.9 Å². The van der Waals surface area contributed by atoms with Gasteiger partial charge in [0.2, 0.25) is 0 Å². The lowest BCUT2D eigenvalue weighted by molar-refractivity contribution is -0.302. The van der Waals surface area contributed by atoms with Crippen LogP contribution in [-0.2, 0) is 44.7 Å². The molecule has 4 saturated heterocycles. The number of aliphatic imine (C=N–C) groups is 1. The molecule has 16 nitrogen and oxygen atoms in total. The average Bonchev–Trinajstić information content (AvgIpc) is 3.39. The number of pyridine rings is 2. The zero-order valence-corrected chi connectivity index (χ0v) is 37.9. The summed E-state index contributed by atoms with van der Waals surface area (Å²) in [6, 6.07) is 8.84. The zero-order valence-electron chi connectivity index (χ0n) is 37.9. The van der Waals surface area contributed by atoms with Crippen molar-refractivity contribution in [1.29, 1.82) is 0 Å². The predicted molar refractivity (Wildman–Crippen MR) is 230 cm³/mol. The van der Waals surface area contributed by atoms with Crippen molar-refractivity contribution in [3.8, 4) is 11.3 Å². The molecule has 0 spiro atoms.